The topological polar surface area (TPSA) is 60.6 Å². The van der Waals surface area contributed by atoms with E-state index in [4.69, 9.17) is 18.5 Å². The zero-order chi connectivity index (χ0) is 11.4. The fourth-order valence-electron chi connectivity index (χ4n) is 1.27. The number of hydrogen-bond donors (Lipinski definition) is 0. The van der Waals surface area contributed by atoms with Crippen molar-refractivity contribution in [3.63, 3.8) is 0 Å². The predicted molar refractivity (Wildman–Crippen MR) is 58.8 cm³/mol. The number of unbranched alkanes of at least 4 members (excludes halogenated alkanes) is 1. The fraction of sp³-hybridized carbons (Fsp3) is 1.00. The van der Waals surface area contributed by atoms with Gasteiger partial charge in [-0.2, -0.15) is 0 Å². The fourth-order valence-corrected chi connectivity index (χ4v) is 3.07. The zero-order valence-corrected chi connectivity index (χ0v) is 10.5. The molecule has 3 atom stereocenters. The SMILES string of the molecule is CCCCOP(=O)(CC1CO1)OCC1CO1. The Kier molecular flexibility index (Phi) is 4.39. The van der Waals surface area contributed by atoms with E-state index in [-0.39, 0.29) is 12.2 Å². The van der Waals surface area contributed by atoms with Crippen molar-refractivity contribution in [2.45, 2.75) is 32.0 Å². The van der Waals surface area contributed by atoms with Gasteiger partial charge in [-0.15, -0.1) is 0 Å². The molecule has 3 unspecified atom stereocenters. The lowest BCUT2D eigenvalue weighted by Crippen LogP contribution is -2.09. The summed E-state index contributed by atoms with van der Waals surface area (Å²) in [6.07, 6.45) is 2.48. The van der Waals surface area contributed by atoms with Crippen molar-refractivity contribution in [3.8, 4) is 0 Å². The summed E-state index contributed by atoms with van der Waals surface area (Å²) in [6.45, 7) is 4.30. The molecule has 0 N–H and O–H groups in total. The van der Waals surface area contributed by atoms with Crippen molar-refractivity contribution < 1.29 is 23.1 Å². The van der Waals surface area contributed by atoms with Gasteiger partial charge in [-0.05, 0) is 6.42 Å². The number of epoxide rings is 2. The van der Waals surface area contributed by atoms with E-state index in [9.17, 15) is 4.57 Å². The molecule has 0 aromatic rings. The average molecular weight is 250 g/mol. The van der Waals surface area contributed by atoms with E-state index in [1.54, 1.807) is 0 Å². The molecule has 2 rings (SSSR count). The van der Waals surface area contributed by atoms with Gasteiger partial charge in [0.15, 0.2) is 0 Å². The van der Waals surface area contributed by atoms with E-state index in [0.717, 1.165) is 12.8 Å². The largest absolute Gasteiger partial charge is 0.372 e. The third-order valence-corrected chi connectivity index (χ3v) is 4.45. The summed E-state index contributed by atoms with van der Waals surface area (Å²) in [5.41, 5.74) is 0. The van der Waals surface area contributed by atoms with E-state index in [1.807, 2.05) is 0 Å². The summed E-state index contributed by atoms with van der Waals surface area (Å²) >= 11 is 0. The highest BCUT2D eigenvalue weighted by molar-refractivity contribution is 7.53. The third-order valence-electron chi connectivity index (χ3n) is 2.47. The minimum Gasteiger partial charge on any atom is -0.372 e. The second-order valence-electron chi connectivity index (χ2n) is 4.19. The summed E-state index contributed by atoms with van der Waals surface area (Å²) in [5.74, 6) is 0. The molecular weight excluding hydrogens is 231 g/mol. The van der Waals surface area contributed by atoms with Crippen LogP contribution in [0.5, 0.6) is 0 Å². The van der Waals surface area contributed by atoms with Gasteiger partial charge in [0, 0.05) is 0 Å². The van der Waals surface area contributed by atoms with Crippen LogP contribution in [-0.2, 0) is 23.1 Å². The van der Waals surface area contributed by atoms with Crippen LogP contribution in [0.1, 0.15) is 19.8 Å². The second-order valence-corrected chi connectivity index (χ2v) is 6.29. The molecule has 2 saturated heterocycles. The minimum atomic E-state index is -2.96. The Labute approximate surface area is 95.9 Å². The van der Waals surface area contributed by atoms with Gasteiger partial charge in [0.05, 0.1) is 38.7 Å². The van der Waals surface area contributed by atoms with Crippen molar-refractivity contribution in [1.82, 2.24) is 0 Å². The van der Waals surface area contributed by atoms with E-state index in [1.165, 1.54) is 0 Å². The van der Waals surface area contributed by atoms with Crippen LogP contribution in [0, 0.1) is 0 Å². The van der Waals surface area contributed by atoms with Gasteiger partial charge in [-0.25, -0.2) is 0 Å². The standard InChI is InChI=1S/C10H19O5P/c1-2-3-4-14-16(11,8-10-6-13-10)15-7-9-5-12-9/h9-10H,2-8H2,1H3. The van der Waals surface area contributed by atoms with Gasteiger partial charge in [0.1, 0.15) is 6.10 Å². The van der Waals surface area contributed by atoms with Crippen LogP contribution in [0.25, 0.3) is 0 Å². The van der Waals surface area contributed by atoms with Gasteiger partial charge >= 0.3 is 7.60 Å². The molecule has 94 valence electrons. The number of hydrogen-bond acceptors (Lipinski definition) is 5. The molecule has 0 aromatic carbocycles. The molecule has 5 nitrogen and oxygen atoms in total. The summed E-state index contributed by atoms with van der Waals surface area (Å²) in [4.78, 5) is 0. The predicted octanol–water partition coefficient (Wildman–Crippen LogP) is 1.81. The summed E-state index contributed by atoms with van der Waals surface area (Å²) in [5, 5.41) is 0. The van der Waals surface area contributed by atoms with Gasteiger partial charge in [-0.1, -0.05) is 13.3 Å². The van der Waals surface area contributed by atoms with Crippen molar-refractivity contribution >= 4 is 7.60 Å². The van der Waals surface area contributed by atoms with E-state index in [0.29, 0.717) is 32.6 Å². The minimum absolute atomic E-state index is 0.0626. The van der Waals surface area contributed by atoms with Crippen molar-refractivity contribution in [2.24, 2.45) is 0 Å². The third kappa shape index (κ3) is 4.52. The molecule has 0 aromatic heterocycles. The van der Waals surface area contributed by atoms with Crippen molar-refractivity contribution in [3.05, 3.63) is 0 Å². The maximum absolute atomic E-state index is 12.3. The van der Waals surface area contributed by atoms with E-state index >= 15 is 0 Å². The van der Waals surface area contributed by atoms with Crippen molar-refractivity contribution in [2.75, 3.05) is 32.6 Å². The highest BCUT2D eigenvalue weighted by Crippen LogP contribution is 2.51. The molecule has 0 radical (unpaired) electrons. The lowest BCUT2D eigenvalue weighted by atomic mass is 10.4. The quantitative estimate of drug-likeness (QED) is 0.355. The number of ether oxygens (including phenoxy) is 2. The van der Waals surface area contributed by atoms with Crippen LogP contribution >= 0.6 is 7.60 Å². The smallest absolute Gasteiger partial charge is 0.333 e. The first kappa shape index (κ1) is 12.5. The average Bonchev–Trinajstić information content (AvgIpc) is 3.11. The molecule has 0 spiro atoms. The maximum Gasteiger partial charge on any atom is 0.333 e. The van der Waals surface area contributed by atoms with Crippen LogP contribution in [0.4, 0.5) is 0 Å². The highest BCUT2D eigenvalue weighted by Gasteiger charge is 2.37. The molecule has 6 heteroatoms. The Balaban J connectivity index is 1.74. The summed E-state index contributed by atoms with van der Waals surface area (Å²) in [7, 11) is -2.96. The molecule has 0 saturated carbocycles. The summed E-state index contributed by atoms with van der Waals surface area (Å²) < 4.78 is 33.2. The lowest BCUT2D eigenvalue weighted by Gasteiger charge is -2.17. The summed E-state index contributed by atoms with van der Waals surface area (Å²) in [6, 6.07) is 0. The molecule has 16 heavy (non-hydrogen) atoms. The Hall–Kier alpha value is 0.0700. The molecule has 2 heterocycles. The van der Waals surface area contributed by atoms with Gasteiger partial charge in [-0.3, -0.25) is 4.57 Å². The zero-order valence-electron chi connectivity index (χ0n) is 9.59. The second kappa shape index (κ2) is 5.61. The molecular formula is C10H19O5P. The molecule has 0 bridgehead atoms. The lowest BCUT2D eigenvalue weighted by molar-refractivity contribution is 0.185. The molecule has 2 aliphatic heterocycles. The van der Waals surface area contributed by atoms with Gasteiger partial charge < -0.3 is 18.5 Å². The van der Waals surface area contributed by atoms with Crippen molar-refractivity contribution in [1.29, 1.82) is 0 Å². The van der Waals surface area contributed by atoms with Crippen LogP contribution in [0.2, 0.25) is 0 Å². The first-order valence-electron chi connectivity index (χ1n) is 5.83. The maximum atomic E-state index is 12.3. The molecule has 0 aliphatic carbocycles. The molecule has 2 aliphatic rings. The Morgan fingerprint density at radius 3 is 2.50 bits per heavy atom. The normalized spacial score (nSPS) is 31.1. The van der Waals surface area contributed by atoms with Crippen LogP contribution in [0.15, 0.2) is 0 Å². The van der Waals surface area contributed by atoms with Gasteiger partial charge in [0.25, 0.3) is 0 Å². The van der Waals surface area contributed by atoms with Crippen LogP contribution in [0.3, 0.4) is 0 Å². The first-order valence-corrected chi connectivity index (χ1v) is 7.56. The first-order chi connectivity index (χ1) is 7.72. The monoisotopic (exact) mass is 250 g/mol. The Bertz CT molecular complexity index is 262. The van der Waals surface area contributed by atoms with Crippen LogP contribution in [-0.4, -0.2) is 44.8 Å². The van der Waals surface area contributed by atoms with E-state index < -0.39 is 7.60 Å². The Morgan fingerprint density at radius 2 is 1.94 bits per heavy atom. The van der Waals surface area contributed by atoms with E-state index in [2.05, 4.69) is 6.92 Å². The van der Waals surface area contributed by atoms with Gasteiger partial charge in [0.2, 0.25) is 0 Å². The van der Waals surface area contributed by atoms with Crippen LogP contribution < -0.4 is 0 Å². The molecule has 0 amide bonds. The molecule has 2 fully saturated rings. The Morgan fingerprint density at radius 1 is 1.25 bits per heavy atom. The number of rotatable bonds is 9. The highest BCUT2D eigenvalue weighted by atomic mass is 31.2.